The quantitative estimate of drug-likeness (QED) is 0.463. The van der Waals surface area contributed by atoms with Crippen LogP contribution in [0.15, 0.2) is 48.7 Å². The van der Waals surface area contributed by atoms with Crippen molar-refractivity contribution in [2.75, 3.05) is 62.3 Å². The first-order chi connectivity index (χ1) is 15.8. The molecule has 1 aliphatic heterocycles. The van der Waals surface area contributed by atoms with E-state index >= 15 is 0 Å². The summed E-state index contributed by atoms with van der Waals surface area (Å²) >= 11 is 6.36. The molecule has 0 amide bonds. The zero-order valence-corrected chi connectivity index (χ0v) is 20.5. The van der Waals surface area contributed by atoms with Crippen LogP contribution in [0.3, 0.4) is 0 Å². The number of anilines is 5. The molecule has 174 valence electrons. The van der Waals surface area contributed by atoms with E-state index in [9.17, 15) is 4.57 Å². The maximum atomic E-state index is 12.7. The van der Waals surface area contributed by atoms with Crippen LogP contribution in [0.4, 0.5) is 28.8 Å². The fourth-order valence-electron chi connectivity index (χ4n) is 3.64. The fraction of sp³-hybridized carbons (Fsp3) is 0.304. The first-order valence-electron chi connectivity index (χ1n) is 10.6. The molecule has 0 unspecified atom stereocenters. The molecule has 2 N–H and O–H groups in total. The molecule has 4 rings (SSSR count). The number of nitrogens with zero attached hydrogens (tertiary/aromatic N) is 3. The normalized spacial score (nSPS) is 14.1. The van der Waals surface area contributed by atoms with E-state index < -0.39 is 7.14 Å². The van der Waals surface area contributed by atoms with Gasteiger partial charge in [-0.05, 0) is 43.7 Å². The molecular formula is C23H27ClN5O3P. The molecule has 0 radical (unpaired) electrons. The fourth-order valence-corrected chi connectivity index (χ4v) is 4.93. The Morgan fingerprint density at radius 3 is 2.61 bits per heavy atom. The van der Waals surface area contributed by atoms with Crippen LogP contribution in [0, 0.1) is 0 Å². The third-order valence-corrected chi connectivity index (χ3v) is 7.10. The first kappa shape index (κ1) is 23.4. The first-order valence-corrected chi connectivity index (χ1v) is 13.5. The highest BCUT2D eigenvalue weighted by Gasteiger charge is 2.18. The molecule has 8 nitrogen and oxygen atoms in total. The second kappa shape index (κ2) is 10.00. The number of nitrogens with one attached hydrogen (secondary N) is 2. The predicted molar refractivity (Wildman–Crippen MR) is 135 cm³/mol. The smallest absolute Gasteiger partial charge is 0.229 e. The van der Waals surface area contributed by atoms with Gasteiger partial charge in [-0.15, -0.1) is 0 Å². The number of ether oxygens (including phenoxy) is 2. The van der Waals surface area contributed by atoms with Crippen molar-refractivity contribution < 1.29 is 14.0 Å². The van der Waals surface area contributed by atoms with Gasteiger partial charge in [0, 0.05) is 24.1 Å². The number of hydrogen-bond acceptors (Lipinski definition) is 8. The number of aromatic nitrogens is 2. The van der Waals surface area contributed by atoms with Crippen LogP contribution in [0.1, 0.15) is 0 Å². The summed E-state index contributed by atoms with van der Waals surface area (Å²) in [7, 11) is -0.829. The summed E-state index contributed by atoms with van der Waals surface area (Å²) in [4.78, 5) is 11.1. The van der Waals surface area contributed by atoms with Crippen molar-refractivity contribution in [1.29, 1.82) is 0 Å². The summed E-state index contributed by atoms with van der Waals surface area (Å²) in [5, 5.41) is 7.56. The van der Waals surface area contributed by atoms with Crippen molar-refractivity contribution in [1.82, 2.24) is 9.97 Å². The van der Waals surface area contributed by atoms with E-state index in [-0.39, 0.29) is 0 Å². The molecule has 10 heteroatoms. The topological polar surface area (TPSA) is 88.6 Å². The van der Waals surface area contributed by atoms with Gasteiger partial charge in [-0.3, -0.25) is 0 Å². The lowest BCUT2D eigenvalue weighted by molar-refractivity contribution is 0.122. The van der Waals surface area contributed by atoms with Gasteiger partial charge >= 0.3 is 0 Å². The Kier molecular flexibility index (Phi) is 7.08. The van der Waals surface area contributed by atoms with Gasteiger partial charge in [-0.25, -0.2) is 4.98 Å². The Bertz CT molecular complexity index is 1180. The van der Waals surface area contributed by atoms with E-state index in [1.165, 1.54) is 6.20 Å². The van der Waals surface area contributed by atoms with Gasteiger partial charge in [0.2, 0.25) is 5.95 Å². The zero-order valence-electron chi connectivity index (χ0n) is 18.8. The van der Waals surface area contributed by atoms with Crippen LogP contribution in [-0.4, -0.2) is 56.7 Å². The number of hydrogen-bond donors (Lipinski definition) is 2. The number of halogens is 1. The van der Waals surface area contributed by atoms with Gasteiger partial charge in [0.05, 0.1) is 37.9 Å². The number of methoxy groups -OCH3 is 1. The van der Waals surface area contributed by atoms with Crippen molar-refractivity contribution in [2.45, 2.75) is 0 Å². The van der Waals surface area contributed by atoms with Gasteiger partial charge in [-0.1, -0.05) is 23.7 Å². The summed E-state index contributed by atoms with van der Waals surface area (Å²) in [6.07, 6.45) is 1.53. The Hall–Kier alpha value is -2.80. The largest absolute Gasteiger partial charge is 0.495 e. The molecule has 0 atom stereocenters. The van der Waals surface area contributed by atoms with E-state index in [1.54, 1.807) is 20.4 Å². The maximum absolute atomic E-state index is 12.7. The van der Waals surface area contributed by atoms with Crippen molar-refractivity contribution >= 4 is 52.9 Å². The highest BCUT2D eigenvalue weighted by Crippen LogP contribution is 2.39. The second-order valence-corrected chi connectivity index (χ2v) is 11.6. The minimum absolute atomic E-state index is 0.362. The lowest BCUT2D eigenvalue weighted by atomic mass is 10.2. The Morgan fingerprint density at radius 1 is 1.12 bits per heavy atom. The number of benzene rings is 2. The molecule has 0 saturated carbocycles. The van der Waals surface area contributed by atoms with Crippen molar-refractivity contribution in [3.63, 3.8) is 0 Å². The highest BCUT2D eigenvalue weighted by atomic mass is 35.5. The monoisotopic (exact) mass is 487 g/mol. The van der Waals surface area contributed by atoms with E-state index in [2.05, 4.69) is 25.5 Å². The molecule has 33 heavy (non-hydrogen) atoms. The van der Waals surface area contributed by atoms with Crippen LogP contribution in [-0.2, 0) is 9.30 Å². The molecule has 1 saturated heterocycles. The molecule has 2 heterocycles. The number of rotatable bonds is 7. The molecule has 0 bridgehead atoms. The SMILES string of the molecule is COc1ccc(Nc2ncc(Cl)c(Nc3ccccc3P(C)(C)=O)n2)cc1N1CCOCC1. The molecular weight excluding hydrogens is 461 g/mol. The third kappa shape index (κ3) is 5.58. The van der Waals surface area contributed by atoms with Crippen LogP contribution in [0.5, 0.6) is 5.75 Å². The lowest BCUT2D eigenvalue weighted by Crippen LogP contribution is -2.36. The summed E-state index contributed by atoms with van der Waals surface area (Å²) in [6, 6.07) is 13.3. The third-order valence-electron chi connectivity index (χ3n) is 5.27. The van der Waals surface area contributed by atoms with Gasteiger partial charge in [0.15, 0.2) is 5.82 Å². The van der Waals surface area contributed by atoms with E-state index in [4.69, 9.17) is 21.1 Å². The van der Waals surface area contributed by atoms with Gasteiger partial charge in [-0.2, -0.15) is 4.98 Å². The summed E-state index contributed by atoms with van der Waals surface area (Å²) in [6.45, 7) is 6.42. The lowest BCUT2D eigenvalue weighted by Gasteiger charge is -2.30. The second-order valence-electron chi connectivity index (χ2n) is 7.99. The predicted octanol–water partition coefficient (Wildman–Crippen LogP) is 4.71. The van der Waals surface area contributed by atoms with E-state index in [0.29, 0.717) is 35.7 Å². The minimum atomic E-state index is -2.49. The van der Waals surface area contributed by atoms with Crippen LogP contribution in [0.2, 0.25) is 5.02 Å². The summed E-state index contributed by atoms with van der Waals surface area (Å²) in [5.74, 6) is 1.60. The van der Waals surface area contributed by atoms with Crippen LogP contribution >= 0.6 is 18.7 Å². The number of para-hydroxylation sites is 1. The number of morpholine rings is 1. The van der Waals surface area contributed by atoms with Crippen molar-refractivity contribution in [3.8, 4) is 5.75 Å². The van der Waals surface area contributed by atoms with Crippen molar-refractivity contribution in [3.05, 3.63) is 53.7 Å². The van der Waals surface area contributed by atoms with Crippen molar-refractivity contribution in [2.24, 2.45) is 0 Å². The average molecular weight is 488 g/mol. The van der Waals surface area contributed by atoms with E-state index in [1.807, 2.05) is 42.5 Å². The minimum Gasteiger partial charge on any atom is -0.495 e. The highest BCUT2D eigenvalue weighted by molar-refractivity contribution is 7.70. The van der Waals surface area contributed by atoms with Gasteiger partial charge in [0.1, 0.15) is 17.9 Å². The van der Waals surface area contributed by atoms with E-state index in [0.717, 1.165) is 35.5 Å². The average Bonchev–Trinajstić information content (AvgIpc) is 2.81. The molecule has 1 aliphatic rings. The summed E-state index contributed by atoms with van der Waals surface area (Å²) < 4.78 is 23.7. The summed E-state index contributed by atoms with van der Waals surface area (Å²) in [5.41, 5.74) is 2.50. The maximum Gasteiger partial charge on any atom is 0.229 e. The standard InChI is InChI=1S/C23H27ClN5O3P/c1-31-20-9-8-16(14-19(20)29-10-12-32-13-11-29)26-23-25-15-17(24)22(28-23)27-18-6-4-5-7-21(18)33(2,3)30/h4-9,14-15H,10-13H2,1-3H3,(H2,25,26,27,28). The molecule has 0 spiro atoms. The molecule has 2 aromatic carbocycles. The van der Waals surface area contributed by atoms with Gasteiger partial charge in [0.25, 0.3) is 0 Å². The molecule has 1 fully saturated rings. The Labute approximate surface area is 198 Å². The Balaban J connectivity index is 1.60. The zero-order chi connectivity index (χ0) is 23.4. The molecule has 3 aromatic rings. The van der Waals surface area contributed by atoms with Gasteiger partial charge < -0.3 is 29.6 Å². The molecule has 1 aromatic heterocycles. The Morgan fingerprint density at radius 2 is 1.88 bits per heavy atom. The van der Waals surface area contributed by atoms with Crippen LogP contribution < -0.4 is 25.6 Å². The molecule has 0 aliphatic carbocycles. The van der Waals surface area contributed by atoms with Crippen LogP contribution in [0.25, 0.3) is 0 Å².